The van der Waals surface area contributed by atoms with Crippen molar-refractivity contribution in [3.63, 3.8) is 0 Å². The zero-order chi connectivity index (χ0) is 21.1. The predicted molar refractivity (Wildman–Crippen MR) is 110 cm³/mol. The summed E-state index contributed by atoms with van der Waals surface area (Å²) in [4.78, 5) is 24.6. The molecular formula is C20H23NaO7S. The normalized spacial score (nSPS) is 16.5. The Kier molecular flexibility index (Phi) is 8.61. The van der Waals surface area contributed by atoms with Crippen molar-refractivity contribution in [2.24, 2.45) is 5.92 Å². The van der Waals surface area contributed by atoms with Crippen LogP contribution in [0, 0.1) is 5.92 Å². The van der Waals surface area contributed by atoms with Gasteiger partial charge in [0.25, 0.3) is 10.1 Å². The van der Waals surface area contributed by atoms with E-state index in [0.29, 0.717) is 5.56 Å². The number of hydrogen-bond donors (Lipinski definition) is 3. The molecule has 7 nitrogen and oxygen atoms in total. The molecule has 152 valence electrons. The van der Waals surface area contributed by atoms with Gasteiger partial charge in [-0.05, 0) is 17.0 Å². The van der Waals surface area contributed by atoms with Gasteiger partial charge in [0, 0.05) is 5.92 Å². The summed E-state index contributed by atoms with van der Waals surface area (Å²) >= 11 is 0. The number of carboxylic acids is 2. The second kappa shape index (κ2) is 9.86. The molecule has 2 rings (SSSR count). The average molecular weight is 430 g/mol. The molecule has 0 aliphatic rings. The van der Waals surface area contributed by atoms with Gasteiger partial charge in [-0.2, -0.15) is 8.42 Å². The molecule has 0 aromatic heterocycles. The summed E-state index contributed by atoms with van der Waals surface area (Å²) in [6, 6.07) is 16.0. The summed E-state index contributed by atoms with van der Waals surface area (Å²) < 4.78 is 32.1. The van der Waals surface area contributed by atoms with Gasteiger partial charge in [0.05, 0.1) is 5.92 Å². The fraction of sp³-hybridized carbons (Fsp3) is 0.300. The number of aliphatic carboxylic acids is 2. The molecule has 2 aromatic carbocycles. The van der Waals surface area contributed by atoms with Crippen molar-refractivity contribution in [1.82, 2.24) is 0 Å². The average Bonchev–Trinajstić information content (AvgIpc) is 2.64. The van der Waals surface area contributed by atoms with Gasteiger partial charge in [-0.15, -0.1) is 0 Å². The first-order chi connectivity index (χ1) is 13.0. The van der Waals surface area contributed by atoms with Crippen LogP contribution >= 0.6 is 0 Å². The van der Waals surface area contributed by atoms with E-state index in [1.165, 1.54) is 26.0 Å². The van der Waals surface area contributed by atoms with Crippen molar-refractivity contribution in [2.75, 3.05) is 0 Å². The van der Waals surface area contributed by atoms with E-state index in [4.69, 9.17) is 0 Å². The molecule has 0 saturated carbocycles. The maximum absolute atomic E-state index is 12.5. The van der Waals surface area contributed by atoms with Crippen molar-refractivity contribution < 1.29 is 32.8 Å². The Hall–Kier alpha value is -1.71. The molecule has 0 fully saturated rings. The third-order valence-electron chi connectivity index (χ3n) is 5.26. The topological polar surface area (TPSA) is 129 Å². The Morgan fingerprint density at radius 1 is 0.862 bits per heavy atom. The van der Waals surface area contributed by atoms with E-state index in [0.717, 1.165) is 0 Å². The minimum atomic E-state index is -5.35. The number of rotatable bonds is 8. The van der Waals surface area contributed by atoms with Gasteiger partial charge in [-0.3, -0.25) is 14.1 Å². The molecule has 0 radical (unpaired) electrons. The van der Waals surface area contributed by atoms with Crippen LogP contribution in [0.15, 0.2) is 60.7 Å². The van der Waals surface area contributed by atoms with E-state index in [1.807, 2.05) is 0 Å². The van der Waals surface area contributed by atoms with Gasteiger partial charge in [-0.25, -0.2) is 0 Å². The predicted octanol–water partition coefficient (Wildman–Crippen LogP) is 2.36. The standard InChI is InChI=1S/C20H22O7S.Na.H/c1-13(15-9-5-3-6-10-15)17(18(21)22)20(19(23)24,28(25,26)27)14(2)16-11-7-4-8-12-16;;/h3-14,17H,1-2H3,(H,21,22)(H,23,24)(H,25,26,27);;. The van der Waals surface area contributed by atoms with Crippen LogP contribution in [0.4, 0.5) is 0 Å². The first kappa shape index (κ1) is 25.3. The summed E-state index contributed by atoms with van der Waals surface area (Å²) in [5.74, 6) is -7.84. The summed E-state index contributed by atoms with van der Waals surface area (Å²) in [6.07, 6.45) is 0. The zero-order valence-corrected chi connectivity index (χ0v) is 16.2. The van der Waals surface area contributed by atoms with Gasteiger partial charge >= 0.3 is 41.5 Å². The van der Waals surface area contributed by atoms with Crippen LogP contribution in [-0.4, -0.2) is 69.4 Å². The van der Waals surface area contributed by atoms with Gasteiger partial charge < -0.3 is 10.2 Å². The number of carbonyl (C=O) groups is 2. The fourth-order valence-electron chi connectivity index (χ4n) is 3.79. The fourth-order valence-corrected chi connectivity index (χ4v) is 5.22. The van der Waals surface area contributed by atoms with Crippen LogP contribution < -0.4 is 0 Å². The number of benzene rings is 2. The van der Waals surface area contributed by atoms with E-state index in [9.17, 15) is 32.8 Å². The summed E-state index contributed by atoms with van der Waals surface area (Å²) in [5.41, 5.74) is 0.735. The first-order valence-electron chi connectivity index (χ1n) is 8.58. The van der Waals surface area contributed by atoms with Crippen molar-refractivity contribution in [1.29, 1.82) is 0 Å². The van der Waals surface area contributed by atoms with Gasteiger partial charge in [-0.1, -0.05) is 74.5 Å². The van der Waals surface area contributed by atoms with Gasteiger partial charge in [0.15, 0.2) is 0 Å². The van der Waals surface area contributed by atoms with Crippen LogP contribution in [0.25, 0.3) is 0 Å². The van der Waals surface area contributed by atoms with Crippen molar-refractivity contribution in [2.45, 2.75) is 30.4 Å². The Labute approximate surface area is 191 Å². The molecule has 0 aliphatic heterocycles. The minimum absolute atomic E-state index is 0. The molecule has 29 heavy (non-hydrogen) atoms. The number of carboxylic acid groups (broad SMARTS) is 2. The quantitative estimate of drug-likeness (QED) is 0.433. The van der Waals surface area contributed by atoms with Crippen LogP contribution in [0.1, 0.15) is 36.8 Å². The molecular weight excluding hydrogens is 407 g/mol. The summed E-state index contributed by atoms with van der Waals surface area (Å²) in [7, 11) is -5.35. The van der Waals surface area contributed by atoms with Crippen LogP contribution in [0.5, 0.6) is 0 Å². The van der Waals surface area contributed by atoms with E-state index in [1.54, 1.807) is 48.5 Å². The molecule has 0 amide bonds. The second-order valence-electron chi connectivity index (χ2n) is 6.72. The van der Waals surface area contributed by atoms with Crippen LogP contribution in [0.2, 0.25) is 0 Å². The van der Waals surface area contributed by atoms with Crippen LogP contribution in [0.3, 0.4) is 0 Å². The van der Waals surface area contributed by atoms with E-state index in [2.05, 4.69) is 0 Å². The number of hydrogen-bond acceptors (Lipinski definition) is 4. The third kappa shape index (κ3) is 4.73. The Bertz CT molecular complexity index is 947. The third-order valence-corrected chi connectivity index (χ3v) is 6.89. The second-order valence-corrected chi connectivity index (χ2v) is 8.35. The molecule has 0 bridgehead atoms. The van der Waals surface area contributed by atoms with E-state index < -0.39 is 44.6 Å². The van der Waals surface area contributed by atoms with Crippen LogP contribution in [-0.2, 0) is 19.7 Å². The van der Waals surface area contributed by atoms with Crippen molar-refractivity contribution in [3.05, 3.63) is 71.8 Å². The van der Waals surface area contributed by atoms with Crippen molar-refractivity contribution >= 4 is 51.6 Å². The summed E-state index contributed by atoms with van der Waals surface area (Å²) in [5, 5.41) is 19.9. The molecule has 0 heterocycles. The molecule has 3 N–H and O–H groups in total. The Morgan fingerprint density at radius 2 is 1.28 bits per heavy atom. The Balaban J connectivity index is 0.00000420. The first-order valence-corrected chi connectivity index (χ1v) is 10.0. The molecule has 4 atom stereocenters. The van der Waals surface area contributed by atoms with Gasteiger partial charge in [0.1, 0.15) is 0 Å². The van der Waals surface area contributed by atoms with Gasteiger partial charge in [0.2, 0.25) is 4.75 Å². The molecule has 0 aliphatic carbocycles. The zero-order valence-electron chi connectivity index (χ0n) is 15.4. The van der Waals surface area contributed by atoms with E-state index in [-0.39, 0.29) is 35.1 Å². The van der Waals surface area contributed by atoms with Crippen molar-refractivity contribution in [3.8, 4) is 0 Å². The molecule has 0 saturated heterocycles. The molecule has 9 heteroatoms. The molecule has 2 aromatic rings. The SMILES string of the molecule is CC(c1ccccc1)C(C(=O)O)C(C(=O)O)(C(C)c1ccccc1)S(=O)(=O)O.[NaH]. The summed E-state index contributed by atoms with van der Waals surface area (Å²) in [6.45, 7) is 2.74. The maximum atomic E-state index is 12.5. The molecule has 0 spiro atoms. The monoisotopic (exact) mass is 430 g/mol. The van der Waals surface area contributed by atoms with E-state index >= 15 is 0 Å². The Morgan fingerprint density at radius 3 is 1.62 bits per heavy atom. The molecule has 4 unspecified atom stereocenters.